The van der Waals surface area contributed by atoms with Gasteiger partial charge in [0.1, 0.15) is 11.3 Å². The van der Waals surface area contributed by atoms with Crippen LogP contribution in [0.15, 0.2) is 30.3 Å². The fraction of sp³-hybridized carbons (Fsp3) is 0.471. The normalized spacial score (nSPS) is 11.2. The van der Waals surface area contributed by atoms with Crippen LogP contribution in [0.25, 0.3) is 10.9 Å². The summed E-state index contributed by atoms with van der Waals surface area (Å²) in [6, 6.07) is 10.2. The molecule has 0 amide bonds. The summed E-state index contributed by atoms with van der Waals surface area (Å²) in [7, 11) is 1.69. The van der Waals surface area contributed by atoms with Crippen molar-refractivity contribution in [3.05, 3.63) is 36.0 Å². The number of benzene rings is 1. The first kappa shape index (κ1) is 14.8. The molecule has 0 spiro atoms. The third-order valence-corrected chi connectivity index (χ3v) is 3.40. The molecule has 3 heteroatoms. The van der Waals surface area contributed by atoms with Gasteiger partial charge < -0.3 is 10.1 Å². The second kappa shape index (κ2) is 7.25. The third-order valence-electron chi connectivity index (χ3n) is 3.40. The molecule has 1 aromatic carbocycles. The Morgan fingerprint density at radius 1 is 1.20 bits per heavy atom. The van der Waals surface area contributed by atoms with Gasteiger partial charge in [0.25, 0.3) is 0 Å². The molecule has 0 unspecified atom stereocenters. The van der Waals surface area contributed by atoms with E-state index in [1.807, 2.05) is 12.1 Å². The molecule has 1 aromatic heterocycles. The highest BCUT2D eigenvalue weighted by Gasteiger charge is 2.04. The molecule has 20 heavy (non-hydrogen) atoms. The fourth-order valence-corrected chi connectivity index (χ4v) is 2.28. The predicted molar refractivity (Wildman–Crippen MR) is 84.1 cm³/mol. The number of aromatic nitrogens is 1. The number of methoxy groups -OCH3 is 1. The standard InChI is InChI=1S/C17H24N2O/c1-13(2)6-5-11-18-12-15-10-9-14-7-4-8-16(20-3)17(14)19-15/h4,7-10,13,18H,5-6,11-12H2,1-3H3. The smallest absolute Gasteiger partial charge is 0.145 e. The fourth-order valence-electron chi connectivity index (χ4n) is 2.28. The number of rotatable bonds is 7. The second-order valence-corrected chi connectivity index (χ2v) is 5.55. The molecule has 108 valence electrons. The number of pyridine rings is 1. The highest BCUT2D eigenvalue weighted by atomic mass is 16.5. The monoisotopic (exact) mass is 272 g/mol. The van der Waals surface area contributed by atoms with Gasteiger partial charge in [0.05, 0.1) is 12.8 Å². The predicted octanol–water partition coefficient (Wildman–Crippen LogP) is 3.77. The van der Waals surface area contributed by atoms with Gasteiger partial charge in [-0.2, -0.15) is 0 Å². The number of ether oxygens (including phenoxy) is 1. The van der Waals surface area contributed by atoms with E-state index in [1.54, 1.807) is 7.11 Å². The zero-order valence-electron chi connectivity index (χ0n) is 12.6. The lowest BCUT2D eigenvalue weighted by molar-refractivity contribution is 0.418. The Balaban J connectivity index is 1.97. The molecular weight excluding hydrogens is 248 g/mol. The Labute approximate surface area is 121 Å². The van der Waals surface area contributed by atoms with Crippen molar-refractivity contribution in [3.8, 4) is 5.75 Å². The maximum absolute atomic E-state index is 5.37. The lowest BCUT2D eigenvalue weighted by atomic mass is 10.1. The van der Waals surface area contributed by atoms with Crippen molar-refractivity contribution < 1.29 is 4.74 Å². The number of nitrogens with one attached hydrogen (secondary N) is 1. The van der Waals surface area contributed by atoms with Crippen LogP contribution in [-0.4, -0.2) is 18.6 Å². The van der Waals surface area contributed by atoms with Crippen LogP contribution in [-0.2, 0) is 6.54 Å². The van der Waals surface area contributed by atoms with Crippen LogP contribution in [0.4, 0.5) is 0 Å². The van der Waals surface area contributed by atoms with Gasteiger partial charge in [0.15, 0.2) is 0 Å². The first-order chi connectivity index (χ1) is 9.70. The van der Waals surface area contributed by atoms with E-state index in [9.17, 15) is 0 Å². The topological polar surface area (TPSA) is 34.1 Å². The van der Waals surface area contributed by atoms with Crippen molar-refractivity contribution in [1.82, 2.24) is 10.3 Å². The van der Waals surface area contributed by atoms with Gasteiger partial charge in [0.2, 0.25) is 0 Å². The zero-order chi connectivity index (χ0) is 14.4. The van der Waals surface area contributed by atoms with E-state index in [0.29, 0.717) is 0 Å². The third kappa shape index (κ3) is 3.94. The maximum Gasteiger partial charge on any atom is 0.145 e. The Bertz CT molecular complexity index is 552. The molecule has 3 nitrogen and oxygen atoms in total. The molecule has 0 aliphatic rings. The molecular formula is C17H24N2O. The summed E-state index contributed by atoms with van der Waals surface area (Å²) in [5.41, 5.74) is 2.00. The van der Waals surface area contributed by atoms with E-state index < -0.39 is 0 Å². The zero-order valence-corrected chi connectivity index (χ0v) is 12.6. The molecule has 0 aliphatic carbocycles. The first-order valence-electron chi connectivity index (χ1n) is 7.34. The minimum Gasteiger partial charge on any atom is -0.494 e. The molecule has 0 radical (unpaired) electrons. The van der Waals surface area contributed by atoms with Crippen molar-refractivity contribution in [3.63, 3.8) is 0 Å². The van der Waals surface area contributed by atoms with Gasteiger partial charge in [-0.15, -0.1) is 0 Å². The highest BCUT2D eigenvalue weighted by molar-refractivity contribution is 5.84. The second-order valence-electron chi connectivity index (χ2n) is 5.55. The van der Waals surface area contributed by atoms with Gasteiger partial charge in [-0.05, 0) is 37.4 Å². The summed E-state index contributed by atoms with van der Waals surface area (Å²) in [5.74, 6) is 1.61. The summed E-state index contributed by atoms with van der Waals surface area (Å²) >= 11 is 0. The Morgan fingerprint density at radius 3 is 2.80 bits per heavy atom. The Hall–Kier alpha value is -1.61. The van der Waals surface area contributed by atoms with E-state index in [4.69, 9.17) is 9.72 Å². The van der Waals surface area contributed by atoms with E-state index >= 15 is 0 Å². The average Bonchev–Trinajstić information content (AvgIpc) is 2.45. The van der Waals surface area contributed by atoms with Gasteiger partial charge in [-0.25, -0.2) is 4.98 Å². The summed E-state index contributed by atoms with van der Waals surface area (Å²) in [4.78, 5) is 4.69. The van der Waals surface area contributed by atoms with Gasteiger partial charge in [-0.3, -0.25) is 0 Å². The van der Waals surface area contributed by atoms with Crippen LogP contribution in [0.2, 0.25) is 0 Å². The summed E-state index contributed by atoms with van der Waals surface area (Å²) in [6.45, 7) is 6.38. The minimum absolute atomic E-state index is 0.778. The number of nitrogens with zero attached hydrogens (tertiary/aromatic N) is 1. The summed E-state index contributed by atoms with van der Waals surface area (Å²) in [6.07, 6.45) is 2.49. The lowest BCUT2D eigenvalue weighted by Gasteiger charge is -2.08. The van der Waals surface area contributed by atoms with Crippen molar-refractivity contribution in [2.45, 2.75) is 33.2 Å². The quantitative estimate of drug-likeness (QED) is 0.779. The van der Waals surface area contributed by atoms with Crippen molar-refractivity contribution >= 4 is 10.9 Å². The molecule has 0 bridgehead atoms. The Kier molecular flexibility index (Phi) is 5.36. The van der Waals surface area contributed by atoms with Crippen LogP contribution >= 0.6 is 0 Å². The summed E-state index contributed by atoms with van der Waals surface area (Å²) in [5, 5.41) is 4.57. The van der Waals surface area contributed by atoms with Crippen molar-refractivity contribution in [2.75, 3.05) is 13.7 Å². The van der Waals surface area contributed by atoms with E-state index in [0.717, 1.165) is 41.4 Å². The number of para-hydroxylation sites is 1. The van der Waals surface area contributed by atoms with Gasteiger partial charge in [-0.1, -0.05) is 32.0 Å². The van der Waals surface area contributed by atoms with E-state index in [1.165, 1.54) is 12.8 Å². The molecule has 1 heterocycles. The lowest BCUT2D eigenvalue weighted by Crippen LogP contribution is -2.16. The molecule has 1 N–H and O–H groups in total. The molecule has 0 aliphatic heterocycles. The van der Waals surface area contributed by atoms with Crippen LogP contribution in [0.1, 0.15) is 32.4 Å². The largest absolute Gasteiger partial charge is 0.494 e. The van der Waals surface area contributed by atoms with Gasteiger partial charge >= 0.3 is 0 Å². The Morgan fingerprint density at radius 2 is 2.05 bits per heavy atom. The molecule has 2 rings (SSSR count). The van der Waals surface area contributed by atoms with Crippen molar-refractivity contribution in [2.24, 2.45) is 5.92 Å². The van der Waals surface area contributed by atoms with Crippen LogP contribution in [0.5, 0.6) is 5.75 Å². The number of fused-ring (bicyclic) bond motifs is 1. The van der Waals surface area contributed by atoms with Crippen LogP contribution in [0, 0.1) is 5.92 Å². The van der Waals surface area contributed by atoms with Crippen LogP contribution < -0.4 is 10.1 Å². The molecule has 0 saturated carbocycles. The minimum atomic E-state index is 0.778. The number of hydrogen-bond acceptors (Lipinski definition) is 3. The average molecular weight is 272 g/mol. The highest BCUT2D eigenvalue weighted by Crippen LogP contribution is 2.23. The summed E-state index contributed by atoms with van der Waals surface area (Å²) < 4.78 is 5.37. The van der Waals surface area contributed by atoms with E-state index in [2.05, 4.69) is 37.4 Å². The SMILES string of the molecule is COc1cccc2ccc(CNCCCC(C)C)nc12. The van der Waals surface area contributed by atoms with E-state index in [-0.39, 0.29) is 0 Å². The molecule has 0 fully saturated rings. The van der Waals surface area contributed by atoms with Gasteiger partial charge in [0, 0.05) is 11.9 Å². The number of hydrogen-bond donors (Lipinski definition) is 1. The molecule has 2 aromatic rings. The maximum atomic E-state index is 5.37. The first-order valence-corrected chi connectivity index (χ1v) is 7.34. The van der Waals surface area contributed by atoms with Crippen molar-refractivity contribution in [1.29, 1.82) is 0 Å². The van der Waals surface area contributed by atoms with Crippen LogP contribution in [0.3, 0.4) is 0 Å². The molecule has 0 saturated heterocycles. The molecule has 0 atom stereocenters.